The third kappa shape index (κ3) is 5.60. The van der Waals surface area contributed by atoms with Crippen molar-refractivity contribution in [2.45, 2.75) is 0 Å². The van der Waals surface area contributed by atoms with E-state index in [1.807, 2.05) is 12.1 Å². The maximum Gasteiger partial charge on any atom is 0.269 e. The zero-order valence-corrected chi connectivity index (χ0v) is 14.6. The number of anilines is 2. The summed E-state index contributed by atoms with van der Waals surface area (Å²) in [5.41, 5.74) is 6.20. The number of hydrazine groups is 1. The summed E-state index contributed by atoms with van der Waals surface area (Å²) in [5.74, 6) is 0.285. The molecule has 0 aliphatic carbocycles. The van der Waals surface area contributed by atoms with Gasteiger partial charge in [-0.25, -0.2) is 0 Å². The van der Waals surface area contributed by atoms with Crippen LogP contribution in [0.3, 0.4) is 0 Å². The number of nitrogens with one attached hydrogen (secondary N) is 4. The Morgan fingerprint density at radius 3 is 2.50 bits per heavy atom. The average Bonchev–Trinajstić information content (AvgIpc) is 2.65. The molecule has 0 bridgehead atoms. The number of carbonyl (C=O) groups is 1. The van der Waals surface area contributed by atoms with Crippen molar-refractivity contribution in [2.24, 2.45) is 0 Å². The summed E-state index contributed by atoms with van der Waals surface area (Å²) >= 11 is 5.04. The normalized spacial score (nSPS) is 9.73. The van der Waals surface area contributed by atoms with Gasteiger partial charge in [-0.15, -0.1) is 0 Å². The number of hydrogen-bond donors (Lipinski definition) is 4. The van der Waals surface area contributed by atoms with Gasteiger partial charge in [-0.1, -0.05) is 12.1 Å². The number of nitro benzene ring substituents is 1. The first-order chi connectivity index (χ1) is 12.5. The Kier molecular flexibility index (Phi) is 6.68. The molecule has 2 aromatic carbocycles. The van der Waals surface area contributed by atoms with Gasteiger partial charge < -0.3 is 15.4 Å². The standard InChI is InChI=1S/C16H17N5O4S/c1-25-14-5-3-2-4-13(14)17-10-15(22)19-20-16(26)18-11-6-8-12(9-7-11)21(23)24/h2-9,17H,10H2,1H3,(H,19,22)(H2,18,20,26). The Hall–Kier alpha value is -3.40. The Morgan fingerprint density at radius 1 is 1.15 bits per heavy atom. The van der Waals surface area contributed by atoms with Crippen LogP contribution < -0.4 is 26.2 Å². The molecule has 10 heteroatoms. The van der Waals surface area contributed by atoms with E-state index in [1.54, 1.807) is 19.2 Å². The average molecular weight is 375 g/mol. The second-order valence-corrected chi connectivity index (χ2v) is 5.39. The second-order valence-electron chi connectivity index (χ2n) is 4.99. The van der Waals surface area contributed by atoms with Gasteiger partial charge >= 0.3 is 0 Å². The zero-order chi connectivity index (χ0) is 18.9. The van der Waals surface area contributed by atoms with E-state index < -0.39 is 4.92 Å². The van der Waals surface area contributed by atoms with Gasteiger partial charge in [-0.2, -0.15) is 0 Å². The summed E-state index contributed by atoms with van der Waals surface area (Å²) in [7, 11) is 1.55. The minimum absolute atomic E-state index is 0.00746. The highest BCUT2D eigenvalue weighted by Crippen LogP contribution is 2.22. The van der Waals surface area contributed by atoms with Crippen molar-refractivity contribution in [3.8, 4) is 5.75 Å². The molecule has 0 aliphatic rings. The van der Waals surface area contributed by atoms with Crippen molar-refractivity contribution < 1.29 is 14.5 Å². The molecule has 1 amide bonds. The van der Waals surface area contributed by atoms with Gasteiger partial charge in [-0.3, -0.25) is 25.8 Å². The summed E-state index contributed by atoms with van der Waals surface area (Å²) < 4.78 is 5.18. The van der Waals surface area contributed by atoms with Crippen LogP contribution in [0.5, 0.6) is 5.75 Å². The molecule has 0 spiro atoms. The number of hydrogen-bond acceptors (Lipinski definition) is 6. The van der Waals surface area contributed by atoms with Crippen LogP contribution in [0.1, 0.15) is 0 Å². The highest BCUT2D eigenvalue weighted by molar-refractivity contribution is 7.80. The molecule has 0 radical (unpaired) electrons. The van der Waals surface area contributed by atoms with E-state index in [-0.39, 0.29) is 23.3 Å². The number of rotatable bonds is 6. The van der Waals surface area contributed by atoms with E-state index in [0.717, 1.165) is 0 Å². The quantitative estimate of drug-likeness (QED) is 0.344. The van der Waals surface area contributed by atoms with E-state index in [0.29, 0.717) is 17.1 Å². The molecule has 2 aromatic rings. The first kappa shape index (κ1) is 18.9. The van der Waals surface area contributed by atoms with E-state index >= 15 is 0 Å². The van der Waals surface area contributed by atoms with Gasteiger partial charge in [-0.05, 0) is 36.5 Å². The second kappa shape index (κ2) is 9.18. The van der Waals surface area contributed by atoms with Crippen molar-refractivity contribution in [1.82, 2.24) is 10.9 Å². The van der Waals surface area contributed by atoms with Crippen LogP contribution in [0, 0.1) is 10.1 Å². The summed E-state index contributed by atoms with van der Waals surface area (Å²) in [6, 6.07) is 12.9. The molecule has 0 heterocycles. The van der Waals surface area contributed by atoms with E-state index in [1.165, 1.54) is 24.3 Å². The van der Waals surface area contributed by atoms with Gasteiger partial charge in [0.15, 0.2) is 5.11 Å². The molecular weight excluding hydrogens is 358 g/mol. The van der Waals surface area contributed by atoms with Crippen molar-refractivity contribution in [1.29, 1.82) is 0 Å². The molecule has 2 rings (SSSR count). The zero-order valence-electron chi connectivity index (χ0n) is 13.8. The molecular formula is C16H17N5O4S. The monoisotopic (exact) mass is 375 g/mol. The van der Waals surface area contributed by atoms with Crippen LogP contribution >= 0.6 is 12.2 Å². The van der Waals surface area contributed by atoms with Gasteiger partial charge in [0, 0.05) is 17.8 Å². The highest BCUT2D eigenvalue weighted by atomic mass is 32.1. The molecule has 26 heavy (non-hydrogen) atoms. The number of amides is 1. The predicted molar refractivity (Wildman–Crippen MR) is 102 cm³/mol. The van der Waals surface area contributed by atoms with E-state index in [9.17, 15) is 14.9 Å². The Morgan fingerprint density at radius 2 is 1.85 bits per heavy atom. The summed E-state index contributed by atoms with van der Waals surface area (Å²) in [6.45, 7) is 0.00746. The lowest BCUT2D eigenvalue weighted by Gasteiger charge is -2.13. The van der Waals surface area contributed by atoms with Crippen molar-refractivity contribution >= 4 is 40.3 Å². The molecule has 0 saturated carbocycles. The van der Waals surface area contributed by atoms with Crippen molar-refractivity contribution in [3.63, 3.8) is 0 Å². The SMILES string of the molecule is COc1ccccc1NCC(=O)NNC(=S)Nc1ccc([N+](=O)[O-])cc1. The first-order valence-electron chi connectivity index (χ1n) is 7.47. The minimum Gasteiger partial charge on any atom is -0.495 e. The van der Waals surface area contributed by atoms with Crippen LogP contribution in [0.15, 0.2) is 48.5 Å². The highest BCUT2D eigenvalue weighted by Gasteiger charge is 2.07. The topological polar surface area (TPSA) is 118 Å². The molecule has 136 valence electrons. The summed E-state index contributed by atoms with van der Waals surface area (Å²) in [4.78, 5) is 22.0. The molecule has 0 aliphatic heterocycles. The van der Waals surface area contributed by atoms with Crippen LogP contribution in [0.4, 0.5) is 17.1 Å². The third-order valence-electron chi connectivity index (χ3n) is 3.20. The first-order valence-corrected chi connectivity index (χ1v) is 7.87. The number of carbonyl (C=O) groups excluding carboxylic acids is 1. The number of thiocarbonyl (C=S) groups is 1. The lowest BCUT2D eigenvalue weighted by atomic mass is 10.3. The number of non-ortho nitro benzene ring substituents is 1. The van der Waals surface area contributed by atoms with E-state index in [2.05, 4.69) is 21.5 Å². The van der Waals surface area contributed by atoms with Crippen LogP contribution in [-0.4, -0.2) is 29.6 Å². The number of para-hydroxylation sites is 2. The fourth-order valence-electron chi connectivity index (χ4n) is 1.97. The predicted octanol–water partition coefficient (Wildman–Crippen LogP) is 2.03. The number of methoxy groups -OCH3 is 1. The Balaban J connectivity index is 1.76. The summed E-state index contributed by atoms with van der Waals surface area (Å²) in [5, 5.41) is 16.5. The molecule has 0 fully saturated rings. The van der Waals surface area contributed by atoms with Crippen LogP contribution in [0.25, 0.3) is 0 Å². The molecule has 9 nitrogen and oxygen atoms in total. The van der Waals surface area contributed by atoms with Gasteiger partial charge in [0.2, 0.25) is 0 Å². The van der Waals surface area contributed by atoms with Gasteiger partial charge in [0.25, 0.3) is 11.6 Å². The van der Waals surface area contributed by atoms with Crippen LogP contribution in [-0.2, 0) is 4.79 Å². The molecule has 0 unspecified atom stereocenters. The van der Waals surface area contributed by atoms with E-state index in [4.69, 9.17) is 17.0 Å². The van der Waals surface area contributed by atoms with Gasteiger partial charge in [0.1, 0.15) is 5.75 Å². The number of ether oxygens (including phenoxy) is 1. The largest absolute Gasteiger partial charge is 0.495 e. The molecule has 0 saturated heterocycles. The molecule has 0 atom stereocenters. The fraction of sp³-hybridized carbons (Fsp3) is 0.125. The fourth-order valence-corrected chi connectivity index (χ4v) is 2.13. The minimum atomic E-state index is -0.491. The lowest BCUT2D eigenvalue weighted by Crippen LogP contribution is -2.45. The smallest absolute Gasteiger partial charge is 0.269 e. The molecule has 0 aromatic heterocycles. The van der Waals surface area contributed by atoms with Crippen LogP contribution in [0.2, 0.25) is 0 Å². The maximum absolute atomic E-state index is 11.9. The third-order valence-corrected chi connectivity index (χ3v) is 3.40. The number of nitrogens with zero attached hydrogens (tertiary/aromatic N) is 1. The molecule has 4 N–H and O–H groups in total. The van der Waals surface area contributed by atoms with Crippen molar-refractivity contribution in [2.75, 3.05) is 24.3 Å². The number of benzene rings is 2. The Bertz CT molecular complexity index is 797. The van der Waals surface area contributed by atoms with Gasteiger partial charge in [0.05, 0.1) is 24.3 Å². The number of nitro groups is 1. The van der Waals surface area contributed by atoms with Crippen molar-refractivity contribution in [3.05, 3.63) is 58.6 Å². The Labute approximate surface area is 154 Å². The maximum atomic E-state index is 11.9. The summed E-state index contributed by atoms with van der Waals surface area (Å²) in [6.07, 6.45) is 0. The lowest BCUT2D eigenvalue weighted by molar-refractivity contribution is -0.384.